The highest BCUT2D eigenvalue weighted by atomic mass is 35.5. The molecule has 0 aromatic heterocycles. The van der Waals surface area contributed by atoms with Crippen molar-refractivity contribution in [1.82, 2.24) is 21.3 Å². The maximum absolute atomic E-state index is 12.9. The number of hydrogen-bond acceptors (Lipinski definition) is 14. The van der Waals surface area contributed by atoms with Gasteiger partial charge in [0, 0.05) is 120 Å². The Labute approximate surface area is 506 Å². The number of rotatable bonds is 31. The van der Waals surface area contributed by atoms with E-state index >= 15 is 0 Å². The van der Waals surface area contributed by atoms with Crippen molar-refractivity contribution in [2.45, 2.75) is 84.0 Å². The minimum Gasteiger partial charge on any atom is -0.508 e. The molecule has 20 nitrogen and oxygen atoms in total. The number of carbonyl (C=O) groups excluding carboxylic acids is 4. The summed E-state index contributed by atoms with van der Waals surface area (Å²) in [5, 5.41) is 52.4. The number of aromatic carboxylic acids is 2. The number of nitrogens with one attached hydrogen (secondary N) is 4. The third-order valence-corrected chi connectivity index (χ3v) is 14.4. The second kappa shape index (κ2) is 33.0. The van der Waals surface area contributed by atoms with Crippen LogP contribution in [0.4, 0.5) is 0 Å². The molecule has 0 unspecified atom stereocenters. The van der Waals surface area contributed by atoms with E-state index in [0.29, 0.717) is 129 Å². The number of carboxylic acid groups (broad SMARTS) is 2. The smallest absolute Gasteiger partial charge is 0.336 e. The average Bonchev–Trinajstić information content (AvgIpc) is 0.847. The van der Waals surface area contributed by atoms with Crippen molar-refractivity contribution in [2.75, 3.05) is 58.5 Å². The van der Waals surface area contributed by atoms with E-state index in [1.807, 2.05) is 6.92 Å². The minimum absolute atomic E-state index is 0.0121. The molecular formula is C66H71ClN4O16. The van der Waals surface area contributed by atoms with Gasteiger partial charge in [-0.1, -0.05) is 31.7 Å². The van der Waals surface area contributed by atoms with Gasteiger partial charge in [-0.05, 0) is 135 Å². The van der Waals surface area contributed by atoms with Gasteiger partial charge in [-0.3, -0.25) is 28.8 Å². The van der Waals surface area contributed by atoms with Crippen LogP contribution in [0.5, 0.6) is 11.5 Å². The molecular weight excluding hydrogens is 1140 g/mol. The van der Waals surface area contributed by atoms with Crippen molar-refractivity contribution in [1.29, 1.82) is 0 Å². The normalized spacial score (nSPS) is 11.1. The highest BCUT2D eigenvalue weighted by Crippen LogP contribution is 2.44. The zero-order valence-electron chi connectivity index (χ0n) is 48.3. The largest absolute Gasteiger partial charge is 0.508 e. The number of phenols is 2. The number of amides is 4. The van der Waals surface area contributed by atoms with Gasteiger partial charge in [0.05, 0.1) is 30.9 Å². The lowest BCUT2D eigenvalue weighted by molar-refractivity contribution is -0.122. The van der Waals surface area contributed by atoms with E-state index in [1.54, 1.807) is 36.4 Å². The number of unbranched alkanes of at least 4 members (excludes halogenated alkanes) is 7. The maximum Gasteiger partial charge on any atom is 0.336 e. The van der Waals surface area contributed by atoms with Gasteiger partial charge >= 0.3 is 11.9 Å². The van der Waals surface area contributed by atoms with Gasteiger partial charge < -0.3 is 60.0 Å². The molecule has 0 radical (unpaired) electrons. The maximum atomic E-state index is 12.9. The van der Waals surface area contributed by atoms with Gasteiger partial charge in [-0.25, -0.2) is 9.59 Å². The lowest BCUT2D eigenvalue weighted by atomic mass is 9.89. The van der Waals surface area contributed by atoms with Crippen molar-refractivity contribution in [3.05, 3.63) is 152 Å². The van der Waals surface area contributed by atoms with Crippen LogP contribution in [-0.4, -0.2) is 114 Å². The third-order valence-electron chi connectivity index (χ3n) is 14.1. The standard InChI is InChI=1S/C37H43ClN2O9.C29H28N2O7/c38-15-5-1-2-7-18-47-20-21-48-19-17-39-34(43)8-4-3-6-16-40-36(44)25-9-12-28(31(22-25)37(45)46)35-29-13-10-26(41)23-32(29)49-33-24-27(42)11-14-30(33)35;1-2-30-26(34)6-4-3-5-13-31-28(35)17-7-10-20(29(36)37)23(14-17)27-21-11-8-18(32)15-24(21)38-25-16-19(33)9-12-22(25)27/h9-14,22-24,41H,1-8,15-21H2,(H,39,43)(H,40,44)(H,45,46);7-12,14-16,32H,2-6,13H2,1H3,(H,30,34)(H,31,35)(H,36,37). The zero-order valence-corrected chi connectivity index (χ0v) is 49.1. The van der Waals surface area contributed by atoms with Gasteiger partial charge in [0.25, 0.3) is 11.8 Å². The number of halogens is 1. The predicted octanol–water partition coefficient (Wildman–Crippen LogP) is 10.6. The van der Waals surface area contributed by atoms with E-state index in [1.165, 1.54) is 72.8 Å². The van der Waals surface area contributed by atoms with Gasteiger partial charge in [0.2, 0.25) is 11.8 Å². The van der Waals surface area contributed by atoms with Crippen molar-refractivity contribution < 1.29 is 67.5 Å². The highest BCUT2D eigenvalue weighted by molar-refractivity contribution is 6.17. The zero-order chi connectivity index (χ0) is 62.2. The molecule has 0 saturated carbocycles. The fourth-order valence-electron chi connectivity index (χ4n) is 9.85. The van der Waals surface area contributed by atoms with Crippen LogP contribution in [0, 0.1) is 0 Å². The number of benzene rings is 6. The molecule has 0 fully saturated rings. The molecule has 2 aliphatic heterocycles. The molecule has 8 rings (SSSR count). The Morgan fingerprint density at radius 2 is 0.954 bits per heavy atom. The fraction of sp³-hybridized carbons (Fsp3) is 0.333. The number of fused-ring (bicyclic) bond motifs is 4. The summed E-state index contributed by atoms with van der Waals surface area (Å²) in [6.45, 7) is 5.82. The summed E-state index contributed by atoms with van der Waals surface area (Å²) in [4.78, 5) is 98.1. The van der Waals surface area contributed by atoms with Crippen LogP contribution in [0.25, 0.3) is 66.8 Å². The van der Waals surface area contributed by atoms with Gasteiger partial charge in [0.15, 0.2) is 10.9 Å². The number of hydrogen-bond donors (Lipinski definition) is 8. The number of carboxylic acids is 2. The van der Waals surface area contributed by atoms with Crippen LogP contribution >= 0.6 is 11.6 Å². The van der Waals surface area contributed by atoms with Gasteiger partial charge in [0.1, 0.15) is 34.2 Å². The Kier molecular flexibility index (Phi) is 24.8. The molecule has 4 aromatic carbocycles. The van der Waals surface area contributed by atoms with Gasteiger partial charge in [-0.2, -0.15) is 0 Å². The van der Waals surface area contributed by atoms with E-state index in [9.17, 15) is 58.8 Å². The monoisotopic (exact) mass is 1210 g/mol. The van der Waals surface area contributed by atoms with Crippen LogP contribution < -0.4 is 32.1 Å². The average molecular weight is 1210 g/mol. The molecule has 4 amide bonds. The summed E-state index contributed by atoms with van der Waals surface area (Å²) in [6, 6.07) is 26.2. The Morgan fingerprint density at radius 1 is 0.460 bits per heavy atom. The van der Waals surface area contributed by atoms with Crippen LogP contribution in [-0.2, 0) is 19.1 Å². The first kappa shape index (κ1) is 65.4. The van der Waals surface area contributed by atoms with Crippen molar-refractivity contribution >= 4 is 69.1 Å². The quantitative estimate of drug-likeness (QED) is 0.0114. The first-order chi connectivity index (χ1) is 42.1. The van der Waals surface area contributed by atoms with E-state index in [-0.39, 0.29) is 90.6 Å². The Bertz CT molecular complexity index is 3760. The van der Waals surface area contributed by atoms with E-state index in [0.717, 1.165) is 44.9 Å². The summed E-state index contributed by atoms with van der Waals surface area (Å²) in [7, 11) is 0. The molecule has 8 N–H and O–H groups in total. The molecule has 4 aliphatic rings. The molecule has 21 heteroatoms. The fourth-order valence-corrected chi connectivity index (χ4v) is 10.0. The highest BCUT2D eigenvalue weighted by Gasteiger charge is 2.25. The molecule has 458 valence electrons. The number of ether oxygens (including phenoxy) is 2. The minimum atomic E-state index is -1.23. The summed E-state index contributed by atoms with van der Waals surface area (Å²) >= 11 is 5.66. The number of phenolic OH excluding ortho intramolecular Hbond substituents is 2. The molecule has 2 heterocycles. The van der Waals surface area contributed by atoms with Crippen molar-refractivity contribution in [3.8, 4) is 56.4 Å². The molecule has 87 heavy (non-hydrogen) atoms. The first-order valence-electron chi connectivity index (χ1n) is 29.0. The van der Waals surface area contributed by atoms with Crippen LogP contribution in [0.15, 0.2) is 128 Å². The second-order valence-corrected chi connectivity index (χ2v) is 20.9. The summed E-state index contributed by atoms with van der Waals surface area (Å²) in [5.41, 5.74) is 2.88. The Balaban J connectivity index is 0.000000256. The van der Waals surface area contributed by atoms with Crippen LogP contribution in [0.1, 0.15) is 125 Å². The lowest BCUT2D eigenvalue weighted by Crippen LogP contribution is -2.27. The Morgan fingerprint density at radius 3 is 1.51 bits per heavy atom. The third kappa shape index (κ3) is 18.7. The van der Waals surface area contributed by atoms with Crippen LogP contribution in [0.2, 0.25) is 0 Å². The first-order valence-corrected chi connectivity index (χ1v) is 29.6. The molecule has 4 aromatic rings. The molecule has 0 bridgehead atoms. The second-order valence-electron chi connectivity index (χ2n) is 20.5. The SMILES string of the molecule is CCNC(=O)CCCCCNC(=O)c1ccc(C(=O)O)c(-c2c3ccc(=O)cc-3oc3cc(O)ccc23)c1.O=C(CCCCCNC(=O)c1ccc(-c2c3ccc(=O)cc-3oc3cc(O)ccc23)c(C(=O)O)c1)NCCOCCOCCCCCCCl. The number of alkyl halides is 1. The predicted molar refractivity (Wildman–Crippen MR) is 330 cm³/mol. The molecule has 2 aliphatic carbocycles. The molecule has 0 saturated heterocycles. The van der Waals surface area contributed by atoms with E-state index in [2.05, 4.69) is 21.3 Å². The number of carbonyl (C=O) groups is 6. The Hall–Kier alpha value is -9.11. The summed E-state index contributed by atoms with van der Waals surface area (Å²) < 4.78 is 22.7. The summed E-state index contributed by atoms with van der Waals surface area (Å²) in [5.74, 6) is -2.17. The van der Waals surface area contributed by atoms with Crippen molar-refractivity contribution in [3.63, 3.8) is 0 Å². The van der Waals surface area contributed by atoms with Crippen LogP contribution in [0.3, 0.4) is 0 Å². The molecule has 0 atom stereocenters. The van der Waals surface area contributed by atoms with Crippen molar-refractivity contribution in [2.24, 2.45) is 0 Å². The lowest BCUT2D eigenvalue weighted by Gasteiger charge is -2.17. The van der Waals surface area contributed by atoms with E-state index < -0.39 is 17.8 Å². The van der Waals surface area contributed by atoms with Gasteiger partial charge in [-0.15, -0.1) is 11.6 Å². The topological polar surface area (TPSA) is 310 Å². The number of aromatic hydroxyl groups is 2. The van der Waals surface area contributed by atoms with E-state index in [4.69, 9.17) is 29.9 Å². The summed E-state index contributed by atoms with van der Waals surface area (Å²) in [6.07, 6.45) is 9.35. The molecule has 0 spiro atoms.